The number of hydrogen-bond donors (Lipinski definition) is 0. The Bertz CT molecular complexity index is 904. The van der Waals surface area contributed by atoms with Crippen LogP contribution in [-0.4, -0.2) is 15.9 Å². The summed E-state index contributed by atoms with van der Waals surface area (Å²) < 4.78 is 2.17. The fraction of sp³-hybridized carbons (Fsp3) is 0.0625. The normalized spacial score (nSPS) is 11.4. The number of rotatable bonds is 3. The zero-order valence-corrected chi connectivity index (χ0v) is 14.6. The van der Waals surface area contributed by atoms with Crippen LogP contribution < -0.4 is 5.56 Å². The largest absolute Gasteiger partial charge is 0.282 e. The van der Waals surface area contributed by atoms with Gasteiger partial charge in [0.15, 0.2) is 0 Å². The van der Waals surface area contributed by atoms with Gasteiger partial charge in [0.25, 0.3) is 5.56 Å². The van der Waals surface area contributed by atoms with Crippen molar-refractivity contribution in [3.63, 3.8) is 0 Å². The molecular weight excluding hydrogens is 410 g/mol. The zero-order valence-electron chi connectivity index (χ0n) is 11.4. The summed E-state index contributed by atoms with van der Waals surface area (Å²) in [5.74, 6) is 0.562. The van der Waals surface area contributed by atoms with Gasteiger partial charge >= 0.3 is 0 Å². The topological polar surface area (TPSA) is 47.2 Å². The molecule has 0 bridgehead atoms. The van der Waals surface area contributed by atoms with Crippen LogP contribution in [0.15, 0.2) is 62.9 Å². The lowest BCUT2D eigenvalue weighted by atomic mass is 10.2. The molecule has 0 saturated heterocycles. The lowest BCUT2D eigenvalue weighted by molar-refractivity contribution is 0.766. The van der Waals surface area contributed by atoms with Gasteiger partial charge in [-0.1, -0.05) is 62.2 Å². The molecule has 0 spiro atoms. The molecule has 0 amide bonds. The third-order valence-electron chi connectivity index (χ3n) is 3.12. The first-order chi connectivity index (χ1) is 10.7. The smallest absolute Gasteiger partial charge is 0.267 e. The van der Waals surface area contributed by atoms with Crippen molar-refractivity contribution in [2.75, 3.05) is 0 Å². The van der Waals surface area contributed by atoms with E-state index >= 15 is 0 Å². The maximum atomic E-state index is 12.6. The van der Waals surface area contributed by atoms with Gasteiger partial charge in [-0.3, -0.25) is 4.79 Å². The minimum atomic E-state index is -0.187. The summed E-state index contributed by atoms with van der Waals surface area (Å²) in [6, 6.07) is 15.1. The molecule has 0 fully saturated rings. The molecular formula is C16H11Br2N3O. The highest BCUT2D eigenvalue weighted by atomic mass is 79.9. The molecule has 0 radical (unpaired) electrons. The second-order valence-corrected chi connectivity index (χ2v) is 6.07. The van der Waals surface area contributed by atoms with Crippen LogP contribution in [0, 0.1) is 0 Å². The minimum absolute atomic E-state index is 0.187. The van der Waals surface area contributed by atoms with Gasteiger partial charge < -0.3 is 0 Å². The number of alkyl halides is 1. The van der Waals surface area contributed by atoms with Gasteiger partial charge in [0.05, 0.1) is 22.4 Å². The van der Waals surface area contributed by atoms with Crippen molar-refractivity contribution < 1.29 is 0 Å². The molecule has 1 aromatic heterocycles. The van der Waals surface area contributed by atoms with Crippen molar-refractivity contribution in [1.29, 1.82) is 0 Å². The van der Waals surface area contributed by atoms with Crippen LogP contribution in [0.25, 0.3) is 10.9 Å². The van der Waals surface area contributed by atoms with Crippen molar-refractivity contribution in [2.24, 2.45) is 5.10 Å². The summed E-state index contributed by atoms with van der Waals surface area (Å²) >= 11 is 6.74. The number of halogens is 2. The van der Waals surface area contributed by atoms with E-state index in [0.29, 0.717) is 22.1 Å². The highest BCUT2D eigenvalue weighted by molar-refractivity contribution is 9.10. The second-order valence-electron chi connectivity index (χ2n) is 4.60. The molecule has 4 nitrogen and oxygen atoms in total. The molecule has 3 rings (SSSR count). The van der Waals surface area contributed by atoms with Crippen LogP contribution in [0.1, 0.15) is 11.4 Å². The molecule has 0 N–H and O–H groups in total. The van der Waals surface area contributed by atoms with Crippen molar-refractivity contribution in [3.05, 3.63) is 74.7 Å². The molecule has 110 valence electrons. The predicted molar refractivity (Wildman–Crippen MR) is 95.8 cm³/mol. The lowest BCUT2D eigenvalue weighted by Gasteiger charge is -2.07. The predicted octanol–water partition coefficient (Wildman–Crippen LogP) is 3.94. The first kappa shape index (κ1) is 15.1. The Labute approximate surface area is 143 Å². The van der Waals surface area contributed by atoms with Gasteiger partial charge in [-0.25, -0.2) is 4.98 Å². The first-order valence-electron chi connectivity index (χ1n) is 6.55. The number of benzene rings is 2. The lowest BCUT2D eigenvalue weighted by Crippen LogP contribution is -2.21. The Morgan fingerprint density at radius 3 is 2.68 bits per heavy atom. The van der Waals surface area contributed by atoms with Gasteiger partial charge in [0.1, 0.15) is 5.82 Å². The molecule has 0 aliphatic rings. The third-order valence-corrected chi connectivity index (χ3v) is 4.11. The van der Waals surface area contributed by atoms with E-state index in [2.05, 4.69) is 41.9 Å². The maximum absolute atomic E-state index is 12.6. The van der Waals surface area contributed by atoms with E-state index in [1.807, 2.05) is 42.5 Å². The van der Waals surface area contributed by atoms with E-state index in [1.165, 1.54) is 4.68 Å². The molecule has 3 aromatic rings. The average molecular weight is 421 g/mol. The first-order valence-corrected chi connectivity index (χ1v) is 8.47. The Morgan fingerprint density at radius 2 is 1.95 bits per heavy atom. The quantitative estimate of drug-likeness (QED) is 0.476. The van der Waals surface area contributed by atoms with Crippen molar-refractivity contribution in [1.82, 2.24) is 9.66 Å². The number of nitrogens with zero attached hydrogens (tertiary/aromatic N) is 3. The number of aromatic nitrogens is 2. The highest BCUT2D eigenvalue weighted by Gasteiger charge is 2.09. The SMILES string of the molecule is O=c1c2cc(Br)ccc2nc(CBr)n1/N=C/c1ccccc1. The van der Waals surface area contributed by atoms with E-state index in [-0.39, 0.29) is 5.56 Å². The number of fused-ring (bicyclic) bond motifs is 1. The summed E-state index contributed by atoms with van der Waals surface area (Å²) in [5.41, 5.74) is 1.39. The van der Waals surface area contributed by atoms with Gasteiger partial charge in [-0.15, -0.1) is 0 Å². The highest BCUT2D eigenvalue weighted by Crippen LogP contribution is 2.16. The van der Waals surface area contributed by atoms with E-state index in [9.17, 15) is 4.79 Å². The van der Waals surface area contributed by atoms with Crippen LogP contribution in [0.4, 0.5) is 0 Å². The van der Waals surface area contributed by atoms with Crippen molar-refractivity contribution in [3.8, 4) is 0 Å². The molecule has 0 aliphatic heterocycles. The third kappa shape index (κ3) is 3.03. The summed E-state index contributed by atoms with van der Waals surface area (Å²) in [5, 5.41) is 5.27. The Balaban J connectivity index is 2.17. The summed E-state index contributed by atoms with van der Waals surface area (Å²) in [6.45, 7) is 0. The summed E-state index contributed by atoms with van der Waals surface area (Å²) in [4.78, 5) is 17.1. The van der Waals surface area contributed by atoms with Crippen LogP contribution in [0.2, 0.25) is 0 Å². The molecule has 0 saturated carbocycles. The fourth-order valence-corrected chi connectivity index (χ4v) is 2.79. The minimum Gasteiger partial charge on any atom is -0.267 e. The van der Waals surface area contributed by atoms with Gasteiger partial charge in [0.2, 0.25) is 0 Å². The molecule has 2 aromatic carbocycles. The van der Waals surface area contributed by atoms with E-state index in [4.69, 9.17) is 0 Å². The van der Waals surface area contributed by atoms with E-state index in [0.717, 1.165) is 10.0 Å². The van der Waals surface area contributed by atoms with Gasteiger partial charge in [0, 0.05) is 4.47 Å². The summed E-state index contributed by atoms with van der Waals surface area (Å²) in [6.07, 6.45) is 1.65. The molecule has 1 heterocycles. The summed E-state index contributed by atoms with van der Waals surface area (Å²) in [7, 11) is 0. The Morgan fingerprint density at radius 1 is 1.18 bits per heavy atom. The maximum Gasteiger partial charge on any atom is 0.282 e. The fourth-order valence-electron chi connectivity index (χ4n) is 2.06. The van der Waals surface area contributed by atoms with Crippen LogP contribution in [0.3, 0.4) is 0 Å². The van der Waals surface area contributed by atoms with Crippen molar-refractivity contribution >= 4 is 49.0 Å². The van der Waals surface area contributed by atoms with E-state index < -0.39 is 0 Å². The van der Waals surface area contributed by atoms with Crippen molar-refractivity contribution in [2.45, 2.75) is 5.33 Å². The monoisotopic (exact) mass is 419 g/mol. The molecule has 0 aliphatic carbocycles. The second kappa shape index (κ2) is 6.54. The van der Waals surface area contributed by atoms with Gasteiger partial charge in [-0.2, -0.15) is 9.78 Å². The Kier molecular flexibility index (Phi) is 4.49. The molecule has 6 heteroatoms. The molecule has 22 heavy (non-hydrogen) atoms. The molecule has 0 atom stereocenters. The Hall–Kier alpha value is -1.79. The number of hydrogen-bond acceptors (Lipinski definition) is 3. The van der Waals surface area contributed by atoms with E-state index in [1.54, 1.807) is 12.3 Å². The van der Waals surface area contributed by atoms with Crippen LogP contribution in [0.5, 0.6) is 0 Å². The van der Waals surface area contributed by atoms with Gasteiger partial charge in [-0.05, 0) is 23.8 Å². The molecule has 0 unspecified atom stereocenters. The standard InChI is InChI=1S/C16H11Br2N3O/c17-9-15-20-14-7-6-12(18)8-13(14)16(22)21(15)19-10-11-4-2-1-3-5-11/h1-8,10H,9H2/b19-10+. The zero-order chi connectivity index (χ0) is 15.5. The van der Waals surface area contributed by atoms with Crippen LogP contribution >= 0.6 is 31.9 Å². The van der Waals surface area contributed by atoms with Crippen LogP contribution in [-0.2, 0) is 5.33 Å². The average Bonchev–Trinajstić information content (AvgIpc) is 2.55.